The fourth-order valence-corrected chi connectivity index (χ4v) is 1.38. The molecule has 3 heteroatoms. The predicted molar refractivity (Wildman–Crippen MR) is 69.1 cm³/mol. The summed E-state index contributed by atoms with van der Waals surface area (Å²) in [5.74, 6) is 2.20. The van der Waals surface area contributed by atoms with Crippen LogP contribution in [0.4, 0.5) is 0 Å². The van der Waals surface area contributed by atoms with Crippen molar-refractivity contribution in [2.75, 3.05) is 14.2 Å². The zero-order chi connectivity index (χ0) is 12.8. The molecule has 0 bridgehead atoms. The largest absolute Gasteiger partial charge is 0.496 e. The van der Waals surface area contributed by atoms with Crippen LogP contribution < -0.4 is 14.2 Å². The highest BCUT2D eigenvalue weighted by Crippen LogP contribution is 2.28. The first-order chi connectivity index (χ1) is 8.10. The summed E-state index contributed by atoms with van der Waals surface area (Å²) in [6, 6.07) is 5.52. The van der Waals surface area contributed by atoms with Crippen molar-refractivity contribution >= 4 is 0 Å². The fraction of sp³-hybridized carbons (Fsp3) is 0.429. The van der Waals surface area contributed by atoms with Crippen molar-refractivity contribution < 1.29 is 14.2 Å². The Balaban J connectivity index is 2.90. The summed E-state index contributed by atoms with van der Waals surface area (Å²) in [4.78, 5) is 0. The van der Waals surface area contributed by atoms with Crippen molar-refractivity contribution in [2.24, 2.45) is 0 Å². The molecular weight excluding hydrogens is 216 g/mol. The van der Waals surface area contributed by atoms with E-state index in [1.54, 1.807) is 14.2 Å². The molecule has 1 rings (SSSR count). The summed E-state index contributed by atoms with van der Waals surface area (Å²) in [6.45, 7) is 6.06. The standard InChI is InChI=1S/C14H20O3/c1-6-10(2)11(3)17-14-8-12(15-4)7-13(9-14)16-5/h6-9,11H,1-5H3/b10-6+. The van der Waals surface area contributed by atoms with Gasteiger partial charge in [0.1, 0.15) is 23.4 Å². The van der Waals surface area contributed by atoms with Crippen LogP contribution in [0.5, 0.6) is 17.2 Å². The van der Waals surface area contributed by atoms with Gasteiger partial charge in [0.15, 0.2) is 0 Å². The minimum absolute atomic E-state index is 0.0387. The summed E-state index contributed by atoms with van der Waals surface area (Å²) in [5.41, 5.74) is 1.19. The lowest BCUT2D eigenvalue weighted by Gasteiger charge is -2.16. The maximum atomic E-state index is 5.82. The van der Waals surface area contributed by atoms with E-state index in [4.69, 9.17) is 14.2 Å². The van der Waals surface area contributed by atoms with Crippen LogP contribution in [-0.2, 0) is 0 Å². The van der Waals surface area contributed by atoms with Gasteiger partial charge >= 0.3 is 0 Å². The quantitative estimate of drug-likeness (QED) is 0.733. The third-order valence-corrected chi connectivity index (χ3v) is 2.73. The molecule has 17 heavy (non-hydrogen) atoms. The van der Waals surface area contributed by atoms with Crippen LogP contribution in [0.15, 0.2) is 29.8 Å². The maximum absolute atomic E-state index is 5.82. The lowest BCUT2D eigenvalue weighted by atomic mass is 10.2. The first-order valence-corrected chi connectivity index (χ1v) is 5.63. The van der Waals surface area contributed by atoms with Crippen molar-refractivity contribution in [3.8, 4) is 17.2 Å². The molecule has 0 aromatic heterocycles. The number of rotatable bonds is 5. The van der Waals surface area contributed by atoms with E-state index in [1.165, 1.54) is 5.57 Å². The molecule has 1 aromatic rings. The fourth-order valence-electron chi connectivity index (χ4n) is 1.38. The van der Waals surface area contributed by atoms with Gasteiger partial charge in [0, 0.05) is 18.2 Å². The smallest absolute Gasteiger partial charge is 0.127 e. The Bertz CT molecular complexity index is 374. The van der Waals surface area contributed by atoms with Crippen molar-refractivity contribution in [1.29, 1.82) is 0 Å². The number of ether oxygens (including phenoxy) is 3. The highest BCUT2D eigenvalue weighted by molar-refractivity contribution is 5.42. The zero-order valence-corrected chi connectivity index (χ0v) is 11.1. The summed E-state index contributed by atoms with van der Waals surface area (Å²) < 4.78 is 16.2. The minimum Gasteiger partial charge on any atom is -0.496 e. The molecular formula is C14H20O3. The van der Waals surface area contributed by atoms with E-state index >= 15 is 0 Å². The minimum atomic E-state index is 0.0387. The molecule has 0 heterocycles. The number of benzene rings is 1. The third-order valence-electron chi connectivity index (χ3n) is 2.73. The SMILES string of the molecule is C/C=C(\C)C(C)Oc1cc(OC)cc(OC)c1. The van der Waals surface area contributed by atoms with Crippen LogP contribution in [-0.4, -0.2) is 20.3 Å². The average molecular weight is 236 g/mol. The first-order valence-electron chi connectivity index (χ1n) is 5.63. The average Bonchev–Trinajstić information content (AvgIpc) is 2.36. The molecule has 0 aliphatic carbocycles. The molecule has 0 radical (unpaired) electrons. The predicted octanol–water partition coefficient (Wildman–Crippen LogP) is 3.44. The summed E-state index contributed by atoms with van der Waals surface area (Å²) in [5, 5.41) is 0. The number of hydrogen-bond donors (Lipinski definition) is 0. The van der Waals surface area contributed by atoms with Gasteiger partial charge in [0.25, 0.3) is 0 Å². The van der Waals surface area contributed by atoms with E-state index in [2.05, 4.69) is 0 Å². The van der Waals surface area contributed by atoms with E-state index in [0.29, 0.717) is 0 Å². The molecule has 0 saturated heterocycles. The highest BCUT2D eigenvalue weighted by Gasteiger charge is 2.08. The molecule has 0 fully saturated rings. The van der Waals surface area contributed by atoms with Gasteiger partial charge < -0.3 is 14.2 Å². The Morgan fingerprint density at radius 3 is 1.94 bits per heavy atom. The van der Waals surface area contributed by atoms with Crippen molar-refractivity contribution in [2.45, 2.75) is 26.9 Å². The molecule has 0 aliphatic rings. The number of allylic oxidation sites excluding steroid dienone is 1. The second-order valence-electron chi connectivity index (χ2n) is 3.84. The molecule has 1 aromatic carbocycles. The molecule has 3 nitrogen and oxygen atoms in total. The van der Waals surface area contributed by atoms with E-state index in [-0.39, 0.29) is 6.10 Å². The molecule has 0 N–H and O–H groups in total. The lowest BCUT2D eigenvalue weighted by molar-refractivity contribution is 0.254. The van der Waals surface area contributed by atoms with Gasteiger partial charge in [-0.05, 0) is 26.3 Å². The molecule has 0 amide bonds. The van der Waals surface area contributed by atoms with Gasteiger partial charge in [-0.3, -0.25) is 0 Å². The van der Waals surface area contributed by atoms with Crippen LogP contribution in [0, 0.1) is 0 Å². The second-order valence-corrected chi connectivity index (χ2v) is 3.84. The van der Waals surface area contributed by atoms with Gasteiger partial charge in [0.05, 0.1) is 14.2 Å². The van der Waals surface area contributed by atoms with Gasteiger partial charge in [-0.25, -0.2) is 0 Å². The normalized spacial score (nSPS) is 13.1. The maximum Gasteiger partial charge on any atom is 0.127 e. The van der Waals surface area contributed by atoms with Crippen LogP contribution in [0.25, 0.3) is 0 Å². The van der Waals surface area contributed by atoms with Crippen molar-refractivity contribution in [3.63, 3.8) is 0 Å². The molecule has 1 atom stereocenters. The Hall–Kier alpha value is -1.64. The topological polar surface area (TPSA) is 27.7 Å². The molecule has 94 valence electrons. The molecule has 1 unspecified atom stereocenters. The number of methoxy groups -OCH3 is 2. The second kappa shape index (κ2) is 6.18. The Labute approximate surface area is 103 Å². The van der Waals surface area contributed by atoms with E-state index in [0.717, 1.165) is 17.2 Å². The highest BCUT2D eigenvalue weighted by atomic mass is 16.5. The lowest BCUT2D eigenvalue weighted by Crippen LogP contribution is -2.13. The Morgan fingerprint density at radius 1 is 1.06 bits per heavy atom. The van der Waals surface area contributed by atoms with Crippen molar-refractivity contribution in [3.05, 3.63) is 29.8 Å². The van der Waals surface area contributed by atoms with Crippen molar-refractivity contribution in [1.82, 2.24) is 0 Å². The zero-order valence-electron chi connectivity index (χ0n) is 11.1. The van der Waals surface area contributed by atoms with E-state index < -0.39 is 0 Å². The van der Waals surface area contributed by atoms with E-state index in [1.807, 2.05) is 45.0 Å². The molecule has 0 saturated carbocycles. The first kappa shape index (κ1) is 13.4. The van der Waals surface area contributed by atoms with Gasteiger partial charge in [-0.15, -0.1) is 0 Å². The van der Waals surface area contributed by atoms with Crippen LogP contribution in [0.1, 0.15) is 20.8 Å². The van der Waals surface area contributed by atoms with Gasteiger partial charge in [-0.2, -0.15) is 0 Å². The van der Waals surface area contributed by atoms with E-state index in [9.17, 15) is 0 Å². The summed E-state index contributed by atoms with van der Waals surface area (Å²) >= 11 is 0. The Kier molecular flexibility index (Phi) is 4.88. The van der Waals surface area contributed by atoms with Crippen LogP contribution in [0.2, 0.25) is 0 Å². The monoisotopic (exact) mass is 236 g/mol. The molecule has 0 spiro atoms. The van der Waals surface area contributed by atoms with Crippen LogP contribution in [0.3, 0.4) is 0 Å². The number of hydrogen-bond acceptors (Lipinski definition) is 3. The van der Waals surface area contributed by atoms with Gasteiger partial charge in [-0.1, -0.05) is 6.08 Å². The third kappa shape index (κ3) is 3.70. The Morgan fingerprint density at radius 2 is 1.53 bits per heavy atom. The van der Waals surface area contributed by atoms with Crippen LogP contribution >= 0.6 is 0 Å². The summed E-state index contributed by atoms with van der Waals surface area (Å²) in [6.07, 6.45) is 2.08. The summed E-state index contributed by atoms with van der Waals surface area (Å²) in [7, 11) is 3.25. The molecule has 0 aliphatic heterocycles. The van der Waals surface area contributed by atoms with Gasteiger partial charge in [0.2, 0.25) is 0 Å².